The van der Waals surface area contributed by atoms with Gasteiger partial charge in [0.1, 0.15) is 0 Å². The van der Waals surface area contributed by atoms with Crippen LogP contribution >= 0.6 is 0 Å². The number of carbonyl (C=O) groups is 1. The number of nitrogens with one attached hydrogen (secondary N) is 1. The van der Waals surface area contributed by atoms with Crippen molar-refractivity contribution in [3.8, 4) is 11.4 Å². The number of hydrogen-bond donors (Lipinski definition) is 1. The molecule has 156 valence electrons. The Morgan fingerprint density at radius 3 is 2.63 bits per heavy atom. The van der Waals surface area contributed by atoms with Gasteiger partial charge in [-0.3, -0.25) is 14.7 Å². The summed E-state index contributed by atoms with van der Waals surface area (Å²) >= 11 is 0. The summed E-state index contributed by atoms with van der Waals surface area (Å²) in [6, 6.07) is 13.6. The SMILES string of the molecule is O=C(CCc1nc(-c2ccncc2)no1)NC(CN1CCOCC1)c1ccccc1. The van der Waals surface area contributed by atoms with Gasteiger partial charge in [0.25, 0.3) is 0 Å². The van der Waals surface area contributed by atoms with E-state index in [1.165, 1.54) is 0 Å². The van der Waals surface area contributed by atoms with Gasteiger partial charge in [-0.1, -0.05) is 35.5 Å². The van der Waals surface area contributed by atoms with Crippen molar-refractivity contribution in [1.29, 1.82) is 0 Å². The minimum absolute atomic E-state index is 0.0410. The van der Waals surface area contributed by atoms with Crippen LogP contribution in [0.2, 0.25) is 0 Å². The molecule has 3 aromatic rings. The second kappa shape index (κ2) is 10.1. The molecule has 8 nitrogen and oxygen atoms in total. The fourth-order valence-corrected chi connectivity index (χ4v) is 3.42. The van der Waals surface area contributed by atoms with E-state index < -0.39 is 0 Å². The molecule has 1 atom stereocenters. The summed E-state index contributed by atoms with van der Waals surface area (Å²) in [6.45, 7) is 3.96. The molecule has 0 aliphatic carbocycles. The van der Waals surface area contributed by atoms with E-state index in [-0.39, 0.29) is 18.4 Å². The molecule has 2 aromatic heterocycles. The van der Waals surface area contributed by atoms with Crippen molar-refractivity contribution in [2.24, 2.45) is 0 Å². The van der Waals surface area contributed by atoms with Crippen LogP contribution in [0.1, 0.15) is 23.9 Å². The molecule has 1 fully saturated rings. The fourth-order valence-electron chi connectivity index (χ4n) is 3.42. The summed E-state index contributed by atoms with van der Waals surface area (Å²) in [7, 11) is 0. The van der Waals surface area contributed by atoms with E-state index in [4.69, 9.17) is 9.26 Å². The highest BCUT2D eigenvalue weighted by Crippen LogP contribution is 2.17. The first-order chi connectivity index (χ1) is 14.8. The van der Waals surface area contributed by atoms with Gasteiger partial charge in [-0.05, 0) is 17.7 Å². The van der Waals surface area contributed by atoms with Crippen LogP contribution in [0.15, 0.2) is 59.4 Å². The number of ether oxygens (including phenoxy) is 1. The zero-order valence-electron chi connectivity index (χ0n) is 16.7. The standard InChI is InChI=1S/C22H25N5O3/c28-20(6-7-21-25-22(26-30-21)18-8-10-23-11-9-18)24-19(17-4-2-1-3-5-17)16-27-12-14-29-15-13-27/h1-5,8-11,19H,6-7,12-16H2,(H,24,28). The Hall–Kier alpha value is -3.10. The van der Waals surface area contributed by atoms with E-state index in [1.807, 2.05) is 42.5 Å². The van der Waals surface area contributed by atoms with Crippen molar-refractivity contribution in [1.82, 2.24) is 25.3 Å². The van der Waals surface area contributed by atoms with Crippen LogP contribution < -0.4 is 5.32 Å². The number of hydrogen-bond acceptors (Lipinski definition) is 7. The van der Waals surface area contributed by atoms with Gasteiger partial charge < -0.3 is 14.6 Å². The summed E-state index contributed by atoms with van der Waals surface area (Å²) in [4.78, 5) is 23.3. The van der Waals surface area contributed by atoms with E-state index >= 15 is 0 Å². The van der Waals surface area contributed by atoms with Gasteiger partial charge in [-0.25, -0.2) is 0 Å². The third kappa shape index (κ3) is 5.49. The van der Waals surface area contributed by atoms with Gasteiger partial charge >= 0.3 is 0 Å². The largest absolute Gasteiger partial charge is 0.379 e. The van der Waals surface area contributed by atoms with Crippen LogP contribution in [0, 0.1) is 0 Å². The molecule has 0 spiro atoms. The molecule has 8 heteroatoms. The highest BCUT2D eigenvalue weighted by atomic mass is 16.5. The van der Waals surface area contributed by atoms with Crippen molar-refractivity contribution in [3.63, 3.8) is 0 Å². The lowest BCUT2D eigenvalue weighted by Gasteiger charge is -2.31. The summed E-state index contributed by atoms with van der Waals surface area (Å²) in [6.07, 6.45) is 4.03. The summed E-state index contributed by atoms with van der Waals surface area (Å²) in [5.74, 6) is 0.907. The Morgan fingerprint density at radius 1 is 1.10 bits per heavy atom. The van der Waals surface area contributed by atoms with E-state index in [1.54, 1.807) is 12.4 Å². The normalized spacial score (nSPS) is 15.6. The van der Waals surface area contributed by atoms with E-state index in [0.717, 1.165) is 44.0 Å². The van der Waals surface area contributed by atoms with Crippen molar-refractivity contribution in [3.05, 3.63) is 66.3 Å². The van der Waals surface area contributed by atoms with Crippen LogP contribution in [0.4, 0.5) is 0 Å². The lowest BCUT2D eigenvalue weighted by atomic mass is 10.1. The molecule has 1 aliphatic rings. The molecule has 1 unspecified atom stereocenters. The summed E-state index contributed by atoms with van der Waals surface area (Å²) in [5, 5.41) is 7.16. The van der Waals surface area contributed by atoms with E-state index in [0.29, 0.717) is 18.1 Å². The van der Waals surface area contributed by atoms with Gasteiger partial charge in [0.15, 0.2) is 0 Å². The van der Waals surface area contributed by atoms with Crippen LogP contribution in [0.3, 0.4) is 0 Å². The Bertz CT molecular complexity index is 926. The maximum Gasteiger partial charge on any atom is 0.227 e. The van der Waals surface area contributed by atoms with Gasteiger partial charge in [0, 0.05) is 50.4 Å². The Morgan fingerprint density at radius 2 is 1.87 bits per heavy atom. The minimum Gasteiger partial charge on any atom is -0.379 e. The molecular weight excluding hydrogens is 382 g/mol. The van der Waals surface area contributed by atoms with Crippen molar-refractivity contribution >= 4 is 5.91 Å². The third-order valence-corrected chi connectivity index (χ3v) is 5.05. The molecule has 0 saturated carbocycles. The van der Waals surface area contributed by atoms with Gasteiger partial charge in [-0.15, -0.1) is 0 Å². The van der Waals surface area contributed by atoms with Crippen LogP contribution in [-0.4, -0.2) is 58.8 Å². The molecule has 1 N–H and O–H groups in total. The minimum atomic E-state index is -0.0770. The predicted molar refractivity (Wildman–Crippen MR) is 110 cm³/mol. The zero-order valence-corrected chi connectivity index (χ0v) is 16.7. The van der Waals surface area contributed by atoms with Crippen molar-refractivity contribution in [2.45, 2.75) is 18.9 Å². The van der Waals surface area contributed by atoms with Gasteiger partial charge in [-0.2, -0.15) is 4.98 Å². The number of aromatic nitrogens is 3. The monoisotopic (exact) mass is 407 g/mol. The summed E-state index contributed by atoms with van der Waals surface area (Å²) < 4.78 is 10.7. The van der Waals surface area contributed by atoms with Crippen LogP contribution in [0.5, 0.6) is 0 Å². The van der Waals surface area contributed by atoms with Gasteiger partial charge in [0.05, 0.1) is 19.3 Å². The topological polar surface area (TPSA) is 93.4 Å². The average molecular weight is 407 g/mol. The molecule has 1 amide bonds. The molecule has 30 heavy (non-hydrogen) atoms. The molecule has 0 bridgehead atoms. The van der Waals surface area contributed by atoms with E-state index in [2.05, 4.69) is 25.3 Å². The second-order valence-electron chi connectivity index (χ2n) is 7.19. The maximum absolute atomic E-state index is 12.7. The number of aryl methyl sites for hydroxylation is 1. The number of carbonyl (C=O) groups excluding carboxylic acids is 1. The lowest BCUT2D eigenvalue weighted by Crippen LogP contribution is -2.43. The first-order valence-corrected chi connectivity index (χ1v) is 10.2. The van der Waals surface area contributed by atoms with Crippen molar-refractivity contribution < 1.29 is 14.1 Å². The maximum atomic E-state index is 12.7. The lowest BCUT2D eigenvalue weighted by molar-refractivity contribution is -0.122. The Labute approximate surface area is 175 Å². The van der Waals surface area contributed by atoms with Crippen LogP contribution in [0.25, 0.3) is 11.4 Å². The molecule has 1 saturated heterocycles. The van der Waals surface area contributed by atoms with Gasteiger partial charge in [0.2, 0.25) is 17.6 Å². The van der Waals surface area contributed by atoms with E-state index in [9.17, 15) is 4.79 Å². The quantitative estimate of drug-likeness (QED) is 0.612. The highest BCUT2D eigenvalue weighted by Gasteiger charge is 2.20. The molecule has 3 heterocycles. The number of morpholine rings is 1. The Kier molecular flexibility index (Phi) is 6.79. The zero-order chi connectivity index (χ0) is 20.6. The molecule has 4 rings (SSSR count). The first kappa shape index (κ1) is 20.2. The fraction of sp³-hybridized carbons (Fsp3) is 0.364. The average Bonchev–Trinajstić information content (AvgIpc) is 3.28. The number of amides is 1. The smallest absolute Gasteiger partial charge is 0.227 e. The first-order valence-electron chi connectivity index (χ1n) is 10.2. The number of benzene rings is 1. The number of rotatable bonds is 8. The molecular formula is C22H25N5O3. The highest BCUT2D eigenvalue weighted by molar-refractivity contribution is 5.76. The number of pyridine rings is 1. The predicted octanol–water partition coefficient (Wildman–Crippen LogP) is 2.25. The molecule has 1 aromatic carbocycles. The second-order valence-corrected chi connectivity index (χ2v) is 7.19. The van der Waals surface area contributed by atoms with Crippen LogP contribution in [-0.2, 0) is 16.0 Å². The summed E-state index contributed by atoms with van der Waals surface area (Å²) in [5.41, 5.74) is 1.93. The molecule has 0 radical (unpaired) electrons. The number of nitrogens with zero attached hydrogens (tertiary/aromatic N) is 4. The third-order valence-electron chi connectivity index (χ3n) is 5.05. The molecule has 1 aliphatic heterocycles. The Balaban J connectivity index is 1.35. The van der Waals surface area contributed by atoms with Crippen molar-refractivity contribution in [2.75, 3.05) is 32.8 Å².